The van der Waals surface area contributed by atoms with Gasteiger partial charge in [-0.2, -0.15) is 5.26 Å². The van der Waals surface area contributed by atoms with Crippen molar-refractivity contribution in [2.45, 2.75) is 38.3 Å². The number of hydrogen-bond donors (Lipinski definition) is 0. The fourth-order valence-corrected chi connectivity index (χ4v) is 2.33. The third-order valence-electron chi connectivity index (χ3n) is 3.25. The molecule has 0 spiro atoms. The highest BCUT2D eigenvalue weighted by Crippen LogP contribution is 2.35. The van der Waals surface area contributed by atoms with Crippen LogP contribution < -0.4 is 0 Å². The summed E-state index contributed by atoms with van der Waals surface area (Å²) < 4.78 is 0. The summed E-state index contributed by atoms with van der Waals surface area (Å²) in [4.78, 5) is 2.47. The summed E-state index contributed by atoms with van der Waals surface area (Å²) in [6.07, 6.45) is 3.18. The second-order valence-corrected chi connectivity index (χ2v) is 4.35. The minimum Gasteiger partial charge on any atom is -0.293 e. The third kappa shape index (κ3) is 2.43. The van der Waals surface area contributed by atoms with Crippen LogP contribution in [0.1, 0.15) is 37.8 Å². The molecule has 1 saturated carbocycles. The van der Waals surface area contributed by atoms with Crippen molar-refractivity contribution < 1.29 is 0 Å². The molecule has 0 aliphatic heterocycles. The van der Waals surface area contributed by atoms with Crippen LogP contribution >= 0.6 is 0 Å². The SMILES string of the molecule is CCN(C1CC1)C(CC#N)c1ccccc1. The summed E-state index contributed by atoms with van der Waals surface area (Å²) in [5, 5.41) is 8.97. The molecule has 2 nitrogen and oxygen atoms in total. The Hall–Kier alpha value is -1.33. The molecule has 2 rings (SSSR count). The van der Waals surface area contributed by atoms with Crippen LogP contribution in [0.25, 0.3) is 0 Å². The molecule has 1 aliphatic carbocycles. The molecule has 0 amide bonds. The lowest BCUT2D eigenvalue weighted by atomic mass is 10.0. The van der Waals surface area contributed by atoms with Crippen molar-refractivity contribution in [2.75, 3.05) is 6.54 Å². The molecule has 1 aromatic carbocycles. The Morgan fingerprint density at radius 1 is 1.38 bits per heavy atom. The minimum absolute atomic E-state index is 0.281. The van der Waals surface area contributed by atoms with Gasteiger partial charge in [-0.05, 0) is 24.9 Å². The highest BCUT2D eigenvalue weighted by Gasteiger charge is 2.33. The number of hydrogen-bond acceptors (Lipinski definition) is 2. The molecule has 1 unspecified atom stereocenters. The molecule has 0 N–H and O–H groups in total. The molecular weight excluding hydrogens is 196 g/mol. The van der Waals surface area contributed by atoms with E-state index < -0.39 is 0 Å². The van der Waals surface area contributed by atoms with Gasteiger partial charge in [0.1, 0.15) is 0 Å². The summed E-state index contributed by atoms with van der Waals surface area (Å²) in [5.74, 6) is 0. The van der Waals surface area contributed by atoms with Crippen LogP contribution in [0.5, 0.6) is 0 Å². The first kappa shape index (κ1) is 11.2. The van der Waals surface area contributed by atoms with Crippen LogP contribution in [0.2, 0.25) is 0 Å². The van der Waals surface area contributed by atoms with Crippen LogP contribution in [-0.4, -0.2) is 17.5 Å². The van der Waals surface area contributed by atoms with Gasteiger partial charge < -0.3 is 0 Å². The van der Waals surface area contributed by atoms with Gasteiger partial charge in [0.15, 0.2) is 0 Å². The van der Waals surface area contributed by atoms with Crippen LogP contribution in [-0.2, 0) is 0 Å². The molecule has 1 atom stereocenters. The van der Waals surface area contributed by atoms with E-state index in [9.17, 15) is 0 Å². The highest BCUT2D eigenvalue weighted by atomic mass is 15.2. The second kappa shape index (κ2) is 5.14. The van der Waals surface area contributed by atoms with Crippen molar-refractivity contribution in [3.05, 3.63) is 35.9 Å². The van der Waals surface area contributed by atoms with Crippen LogP contribution in [0, 0.1) is 11.3 Å². The van der Waals surface area contributed by atoms with Gasteiger partial charge >= 0.3 is 0 Å². The number of rotatable bonds is 5. The van der Waals surface area contributed by atoms with E-state index in [1.54, 1.807) is 0 Å². The number of nitrogens with zero attached hydrogens (tertiary/aromatic N) is 2. The zero-order valence-corrected chi connectivity index (χ0v) is 9.76. The smallest absolute Gasteiger partial charge is 0.0641 e. The Bertz CT molecular complexity index is 362. The lowest BCUT2D eigenvalue weighted by Crippen LogP contribution is -2.30. The molecular formula is C14H18N2. The molecule has 2 heteroatoms. The van der Waals surface area contributed by atoms with E-state index in [4.69, 9.17) is 5.26 Å². The highest BCUT2D eigenvalue weighted by molar-refractivity contribution is 5.20. The molecule has 84 valence electrons. The minimum atomic E-state index is 0.281. The first-order chi connectivity index (χ1) is 7.86. The van der Waals surface area contributed by atoms with Gasteiger partial charge in [0.25, 0.3) is 0 Å². The zero-order chi connectivity index (χ0) is 11.4. The quantitative estimate of drug-likeness (QED) is 0.753. The summed E-state index contributed by atoms with van der Waals surface area (Å²) >= 11 is 0. The lowest BCUT2D eigenvalue weighted by Gasteiger charge is -2.29. The van der Waals surface area contributed by atoms with Crippen molar-refractivity contribution in [1.29, 1.82) is 5.26 Å². The zero-order valence-electron chi connectivity index (χ0n) is 9.76. The molecule has 0 aromatic heterocycles. The van der Waals surface area contributed by atoms with Crippen molar-refractivity contribution in [2.24, 2.45) is 0 Å². The van der Waals surface area contributed by atoms with Gasteiger partial charge in [0.05, 0.1) is 12.5 Å². The van der Waals surface area contributed by atoms with E-state index in [1.807, 2.05) is 6.07 Å². The molecule has 0 bridgehead atoms. The predicted octanol–water partition coefficient (Wildman–Crippen LogP) is 3.13. The van der Waals surface area contributed by atoms with E-state index >= 15 is 0 Å². The van der Waals surface area contributed by atoms with Gasteiger partial charge in [-0.15, -0.1) is 0 Å². The van der Waals surface area contributed by atoms with Gasteiger partial charge in [-0.1, -0.05) is 37.3 Å². The molecule has 16 heavy (non-hydrogen) atoms. The summed E-state index contributed by atoms with van der Waals surface area (Å²) in [6, 6.07) is 13.7. The van der Waals surface area contributed by atoms with Crippen molar-refractivity contribution in [3.8, 4) is 6.07 Å². The van der Waals surface area contributed by atoms with Gasteiger partial charge in [-0.3, -0.25) is 4.90 Å². The van der Waals surface area contributed by atoms with Crippen LogP contribution in [0.4, 0.5) is 0 Å². The summed E-state index contributed by atoms with van der Waals surface area (Å²) in [5.41, 5.74) is 1.28. The Kier molecular flexibility index (Phi) is 3.58. The van der Waals surface area contributed by atoms with Crippen molar-refractivity contribution in [1.82, 2.24) is 4.90 Å². The van der Waals surface area contributed by atoms with Crippen LogP contribution in [0.3, 0.4) is 0 Å². The molecule has 1 aliphatic rings. The maximum Gasteiger partial charge on any atom is 0.0641 e. The Morgan fingerprint density at radius 2 is 2.06 bits per heavy atom. The van der Waals surface area contributed by atoms with E-state index in [-0.39, 0.29) is 6.04 Å². The van der Waals surface area contributed by atoms with Crippen LogP contribution in [0.15, 0.2) is 30.3 Å². The maximum absolute atomic E-state index is 8.97. The average Bonchev–Trinajstić information content (AvgIpc) is 3.15. The van der Waals surface area contributed by atoms with E-state index in [0.717, 1.165) is 6.54 Å². The standard InChI is InChI=1S/C14H18N2/c1-2-16(13-8-9-13)14(10-11-15)12-6-4-3-5-7-12/h3-7,13-14H,2,8-10H2,1H3. The average molecular weight is 214 g/mol. The molecule has 1 fully saturated rings. The molecule has 0 saturated heterocycles. The first-order valence-electron chi connectivity index (χ1n) is 6.04. The predicted molar refractivity (Wildman–Crippen MR) is 64.8 cm³/mol. The Labute approximate surface area is 97.5 Å². The fraction of sp³-hybridized carbons (Fsp3) is 0.500. The number of nitriles is 1. The fourth-order valence-electron chi connectivity index (χ4n) is 2.33. The van der Waals surface area contributed by atoms with Gasteiger partial charge in [0, 0.05) is 12.1 Å². The second-order valence-electron chi connectivity index (χ2n) is 4.35. The largest absolute Gasteiger partial charge is 0.293 e. The number of benzene rings is 1. The van der Waals surface area contributed by atoms with E-state index in [0.29, 0.717) is 12.5 Å². The summed E-state index contributed by atoms with van der Waals surface area (Å²) in [6.45, 7) is 3.22. The molecule has 0 radical (unpaired) electrons. The van der Waals surface area contributed by atoms with E-state index in [1.165, 1.54) is 18.4 Å². The first-order valence-corrected chi connectivity index (χ1v) is 6.04. The van der Waals surface area contributed by atoms with E-state index in [2.05, 4.69) is 42.2 Å². The molecule has 1 aromatic rings. The Balaban J connectivity index is 2.19. The normalized spacial score (nSPS) is 17.1. The third-order valence-corrected chi connectivity index (χ3v) is 3.25. The van der Waals surface area contributed by atoms with Crippen molar-refractivity contribution >= 4 is 0 Å². The monoisotopic (exact) mass is 214 g/mol. The van der Waals surface area contributed by atoms with Crippen molar-refractivity contribution in [3.63, 3.8) is 0 Å². The van der Waals surface area contributed by atoms with Gasteiger partial charge in [-0.25, -0.2) is 0 Å². The lowest BCUT2D eigenvalue weighted by molar-refractivity contribution is 0.199. The summed E-state index contributed by atoms with van der Waals surface area (Å²) in [7, 11) is 0. The maximum atomic E-state index is 8.97. The van der Waals surface area contributed by atoms with Gasteiger partial charge in [0.2, 0.25) is 0 Å². The molecule has 0 heterocycles. The topological polar surface area (TPSA) is 27.0 Å². The Morgan fingerprint density at radius 3 is 2.56 bits per heavy atom.